The summed E-state index contributed by atoms with van der Waals surface area (Å²) in [6, 6.07) is 17.9. The lowest BCUT2D eigenvalue weighted by Gasteiger charge is -2.15. The predicted molar refractivity (Wildman–Crippen MR) is 153 cm³/mol. The quantitative estimate of drug-likeness (QED) is 0.273. The zero-order valence-corrected chi connectivity index (χ0v) is 21.9. The number of carbonyl (C=O) groups excluding carboxylic acids is 1. The molecule has 39 heavy (non-hydrogen) atoms. The number of para-hydroxylation sites is 2. The van der Waals surface area contributed by atoms with Crippen LogP contribution in [0.25, 0.3) is 22.2 Å². The number of rotatable bonds is 6. The Balaban J connectivity index is 1.44. The molecule has 196 valence electrons. The Morgan fingerprint density at radius 1 is 0.923 bits per heavy atom. The molecule has 0 saturated heterocycles. The van der Waals surface area contributed by atoms with Gasteiger partial charge in [-0.3, -0.25) is 9.78 Å². The first-order valence-corrected chi connectivity index (χ1v) is 12.2. The number of pyridine rings is 2. The maximum atomic E-state index is 13.4. The molecule has 2 amide bonds. The van der Waals surface area contributed by atoms with Crippen molar-refractivity contribution in [2.24, 2.45) is 7.05 Å². The lowest BCUT2D eigenvalue weighted by atomic mass is 10.0. The number of anilines is 4. The highest BCUT2D eigenvalue weighted by Crippen LogP contribution is 2.28. The molecular formula is C29H27N7O3. The Labute approximate surface area is 224 Å². The third kappa shape index (κ3) is 5.40. The number of ether oxygens (including phenoxy) is 1. The highest BCUT2D eigenvalue weighted by Gasteiger charge is 2.15. The second-order valence-electron chi connectivity index (χ2n) is 9.01. The van der Waals surface area contributed by atoms with Gasteiger partial charge in [-0.2, -0.15) is 0 Å². The summed E-state index contributed by atoms with van der Waals surface area (Å²) >= 11 is 0. The fourth-order valence-corrected chi connectivity index (χ4v) is 4.18. The van der Waals surface area contributed by atoms with Gasteiger partial charge in [-0.15, -0.1) is 0 Å². The Kier molecular flexibility index (Phi) is 6.92. The van der Waals surface area contributed by atoms with Crippen LogP contribution in [0, 0.1) is 13.8 Å². The number of hydrogen-bond acceptors (Lipinski definition) is 7. The number of urea groups is 1. The maximum absolute atomic E-state index is 13.4. The van der Waals surface area contributed by atoms with Gasteiger partial charge in [0.1, 0.15) is 11.3 Å². The molecule has 0 fully saturated rings. The van der Waals surface area contributed by atoms with Gasteiger partial charge in [0.2, 0.25) is 5.95 Å². The van der Waals surface area contributed by atoms with Gasteiger partial charge in [-0.25, -0.2) is 14.8 Å². The van der Waals surface area contributed by atoms with Crippen LogP contribution in [0.3, 0.4) is 0 Å². The van der Waals surface area contributed by atoms with E-state index in [-0.39, 0.29) is 5.56 Å². The van der Waals surface area contributed by atoms with Crippen molar-refractivity contribution in [3.63, 3.8) is 0 Å². The van der Waals surface area contributed by atoms with Crippen LogP contribution in [0.1, 0.15) is 11.3 Å². The third-order valence-electron chi connectivity index (χ3n) is 6.27. The van der Waals surface area contributed by atoms with Crippen molar-refractivity contribution in [3.05, 3.63) is 94.7 Å². The van der Waals surface area contributed by atoms with Crippen LogP contribution >= 0.6 is 0 Å². The molecule has 2 aromatic carbocycles. The summed E-state index contributed by atoms with van der Waals surface area (Å²) in [5, 5.41) is 9.34. The minimum atomic E-state index is -0.418. The second-order valence-corrected chi connectivity index (χ2v) is 9.01. The minimum absolute atomic E-state index is 0.262. The van der Waals surface area contributed by atoms with Gasteiger partial charge in [-0.05, 0) is 61.9 Å². The molecule has 0 atom stereocenters. The van der Waals surface area contributed by atoms with Gasteiger partial charge in [0.25, 0.3) is 5.56 Å². The number of hydrogen-bond donors (Lipinski definition) is 3. The van der Waals surface area contributed by atoms with Crippen molar-refractivity contribution in [1.29, 1.82) is 0 Å². The van der Waals surface area contributed by atoms with Gasteiger partial charge < -0.3 is 25.3 Å². The molecule has 0 aliphatic rings. The first-order chi connectivity index (χ1) is 18.8. The van der Waals surface area contributed by atoms with Gasteiger partial charge in [0.15, 0.2) is 0 Å². The number of amides is 2. The molecule has 0 aliphatic carbocycles. The lowest BCUT2D eigenvalue weighted by molar-refractivity contribution is 0.262. The van der Waals surface area contributed by atoms with Crippen LogP contribution in [0.4, 0.5) is 27.8 Å². The Morgan fingerprint density at radius 2 is 1.72 bits per heavy atom. The molecule has 3 N–H and O–H groups in total. The van der Waals surface area contributed by atoms with E-state index in [0.717, 1.165) is 22.5 Å². The van der Waals surface area contributed by atoms with Crippen molar-refractivity contribution in [1.82, 2.24) is 19.5 Å². The Morgan fingerprint density at radius 3 is 2.49 bits per heavy atom. The molecule has 3 heterocycles. The van der Waals surface area contributed by atoms with E-state index in [1.54, 1.807) is 49.3 Å². The van der Waals surface area contributed by atoms with Crippen molar-refractivity contribution in [2.75, 3.05) is 23.1 Å². The number of nitrogens with zero attached hydrogens (tertiary/aromatic N) is 4. The van der Waals surface area contributed by atoms with Crippen LogP contribution in [0.2, 0.25) is 0 Å². The normalized spacial score (nSPS) is 10.8. The van der Waals surface area contributed by atoms with E-state index < -0.39 is 6.03 Å². The fraction of sp³-hybridized carbons (Fsp3) is 0.138. The third-order valence-corrected chi connectivity index (χ3v) is 6.27. The minimum Gasteiger partial charge on any atom is -0.495 e. The number of carbonyl (C=O) groups is 1. The first-order valence-electron chi connectivity index (χ1n) is 12.2. The zero-order valence-electron chi connectivity index (χ0n) is 21.9. The van der Waals surface area contributed by atoms with Crippen LogP contribution in [-0.4, -0.2) is 32.7 Å². The maximum Gasteiger partial charge on any atom is 0.323 e. The van der Waals surface area contributed by atoms with E-state index >= 15 is 0 Å². The lowest BCUT2D eigenvalue weighted by Crippen LogP contribution is -2.21. The number of methoxy groups -OCH3 is 1. The van der Waals surface area contributed by atoms with Crippen molar-refractivity contribution in [3.8, 4) is 17.0 Å². The van der Waals surface area contributed by atoms with Crippen molar-refractivity contribution < 1.29 is 9.53 Å². The molecule has 0 spiro atoms. The summed E-state index contributed by atoms with van der Waals surface area (Å²) in [6.07, 6.45) is 3.31. The average molecular weight is 522 g/mol. The van der Waals surface area contributed by atoms with Crippen LogP contribution < -0.4 is 26.2 Å². The Bertz CT molecular complexity index is 1750. The van der Waals surface area contributed by atoms with Gasteiger partial charge in [0.05, 0.1) is 30.4 Å². The van der Waals surface area contributed by atoms with Crippen molar-refractivity contribution >= 4 is 39.9 Å². The number of nitrogens with one attached hydrogen (secondary N) is 3. The van der Waals surface area contributed by atoms with Crippen LogP contribution in [-0.2, 0) is 7.05 Å². The summed E-state index contributed by atoms with van der Waals surface area (Å²) in [6.45, 7) is 3.85. The van der Waals surface area contributed by atoms with E-state index in [2.05, 4.69) is 30.9 Å². The molecule has 0 radical (unpaired) electrons. The number of aromatic nitrogens is 4. The van der Waals surface area contributed by atoms with Crippen LogP contribution in [0.5, 0.6) is 5.75 Å². The highest BCUT2D eigenvalue weighted by atomic mass is 16.5. The molecule has 3 aromatic heterocycles. The van der Waals surface area contributed by atoms with E-state index in [1.165, 1.54) is 0 Å². The largest absolute Gasteiger partial charge is 0.495 e. The predicted octanol–water partition coefficient (Wildman–Crippen LogP) is 5.40. The molecule has 10 nitrogen and oxygen atoms in total. The van der Waals surface area contributed by atoms with E-state index in [4.69, 9.17) is 4.74 Å². The monoisotopic (exact) mass is 521 g/mol. The number of aryl methyl sites for hydroxylation is 2. The molecule has 0 saturated carbocycles. The van der Waals surface area contributed by atoms with Crippen LogP contribution in [0.15, 0.2) is 77.9 Å². The molecule has 0 unspecified atom stereocenters. The summed E-state index contributed by atoms with van der Waals surface area (Å²) < 4.78 is 6.85. The van der Waals surface area contributed by atoms with E-state index in [1.807, 2.05) is 56.3 Å². The number of fused-ring (bicyclic) bond motifs is 1. The summed E-state index contributed by atoms with van der Waals surface area (Å²) in [4.78, 5) is 39.2. The standard InChI is InChI=1S/C29H27N7O3/c1-17-9-11-20(33-29(38)34-23-7-5-6-8-25(23)39-4)14-22(17)24-13-19-15-31-28(35-26(19)27(37)36(24)3)32-21-12-10-18(2)30-16-21/h5-16H,1-4H3,(H,31,32,35)(H2,33,34,38). The first kappa shape index (κ1) is 25.4. The molecule has 10 heteroatoms. The Hall–Kier alpha value is -5.25. The summed E-state index contributed by atoms with van der Waals surface area (Å²) in [5.41, 5.74) is 5.17. The second kappa shape index (κ2) is 10.6. The smallest absolute Gasteiger partial charge is 0.323 e. The average Bonchev–Trinajstić information content (AvgIpc) is 2.93. The molecule has 5 rings (SSSR count). The molecule has 5 aromatic rings. The fourth-order valence-electron chi connectivity index (χ4n) is 4.18. The van der Waals surface area contributed by atoms with E-state index in [0.29, 0.717) is 39.7 Å². The summed E-state index contributed by atoms with van der Waals surface area (Å²) in [5.74, 6) is 0.862. The SMILES string of the molecule is COc1ccccc1NC(=O)Nc1ccc(C)c(-c2cc3cnc(Nc4ccc(C)nc4)nc3c(=O)n2C)c1. The highest BCUT2D eigenvalue weighted by molar-refractivity contribution is 6.01. The van der Waals surface area contributed by atoms with E-state index in [9.17, 15) is 9.59 Å². The zero-order chi connectivity index (χ0) is 27.5. The van der Waals surface area contributed by atoms with Gasteiger partial charge in [0, 0.05) is 35.6 Å². The molecule has 0 aliphatic heterocycles. The number of benzene rings is 2. The van der Waals surface area contributed by atoms with Crippen molar-refractivity contribution in [2.45, 2.75) is 13.8 Å². The molecular weight excluding hydrogens is 494 g/mol. The molecule has 0 bridgehead atoms. The topological polar surface area (TPSA) is 123 Å². The van der Waals surface area contributed by atoms with Gasteiger partial charge >= 0.3 is 6.03 Å². The summed E-state index contributed by atoms with van der Waals surface area (Å²) in [7, 11) is 3.24. The van der Waals surface area contributed by atoms with Gasteiger partial charge in [-0.1, -0.05) is 18.2 Å².